The van der Waals surface area contributed by atoms with Crippen LogP contribution >= 0.6 is 0 Å². The zero-order valence-corrected chi connectivity index (χ0v) is 24.2. The second-order valence-electron chi connectivity index (χ2n) is 12.5. The molecule has 2 heterocycles. The second-order valence-corrected chi connectivity index (χ2v) is 12.5. The average Bonchev–Trinajstić information content (AvgIpc) is 3.21. The van der Waals surface area contributed by atoms with Crippen molar-refractivity contribution >= 4 is 42.2 Å². The molecule has 0 amide bonds. The van der Waals surface area contributed by atoms with Crippen LogP contribution in [0.3, 0.4) is 0 Å². The molecular weight excluding hydrogens is 472 g/mol. The molecule has 0 saturated carbocycles. The summed E-state index contributed by atoms with van der Waals surface area (Å²) in [5, 5.41) is 0. The molecule has 5 rings (SSSR count). The smallest absolute Gasteiger partial charge is 0.399 e. The van der Waals surface area contributed by atoms with Crippen molar-refractivity contribution in [1.29, 1.82) is 0 Å². The minimum Gasteiger partial charge on any atom is -0.399 e. The number of aryl methyl sites for hydroxylation is 1. The van der Waals surface area contributed by atoms with Crippen LogP contribution in [0.1, 0.15) is 61.0 Å². The van der Waals surface area contributed by atoms with Crippen molar-refractivity contribution in [1.82, 2.24) is 0 Å². The predicted molar refractivity (Wildman–Crippen MR) is 157 cm³/mol. The molecule has 0 radical (unpaired) electrons. The van der Waals surface area contributed by atoms with E-state index in [-0.39, 0.29) is 36.6 Å². The number of rotatable bonds is 5. The molecule has 7 heteroatoms. The Morgan fingerprint density at radius 3 is 1.00 bits per heavy atom. The van der Waals surface area contributed by atoms with E-state index in [9.17, 15) is 0 Å². The molecule has 2 aliphatic rings. The van der Waals surface area contributed by atoms with Crippen LogP contribution in [0.4, 0.5) is 17.1 Å². The maximum atomic E-state index is 6.26. The first-order valence-corrected chi connectivity index (χ1v) is 13.5. The standard InChI is InChI=1S/C31H39B2NO4/c1-22-10-16-25(17-11-22)34(26-18-12-23(13-19-26)32-35-28(2,3)29(4,5)36-32)27-20-14-24(15-21-27)33-37-30(6,7)31(8,9)38-33/h10-21H,1-9H3. The Balaban J connectivity index is 1.44. The predicted octanol–water partition coefficient (Wildman–Crippen LogP) is 6.06. The quantitative estimate of drug-likeness (QED) is 0.390. The van der Waals surface area contributed by atoms with Crippen molar-refractivity contribution in [3.8, 4) is 0 Å². The number of hydrogen-bond acceptors (Lipinski definition) is 5. The second kappa shape index (κ2) is 9.27. The van der Waals surface area contributed by atoms with Crippen LogP contribution in [0.2, 0.25) is 0 Å². The van der Waals surface area contributed by atoms with Crippen LogP contribution in [0.15, 0.2) is 72.8 Å². The van der Waals surface area contributed by atoms with Gasteiger partial charge in [0.25, 0.3) is 0 Å². The van der Waals surface area contributed by atoms with Crippen molar-refractivity contribution in [2.45, 2.75) is 84.7 Å². The van der Waals surface area contributed by atoms with Gasteiger partial charge in [-0.05, 0) is 110 Å². The van der Waals surface area contributed by atoms with E-state index in [2.05, 4.69) is 140 Å². The van der Waals surface area contributed by atoms with Gasteiger partial charge in [-0.3, -0.25) is 0 Å². The molecule has 0 N–H and O–H groups in total. The molecule has 3 aromatic carbocycles. The van der Waals surface area contributed by atoms with Crippen molar-refractivity contribution in [2.24, 2.45) is 0 Å². The van der Waals surface area contributed by atoms with Crippen molar-refractivity contribution in [2.75, 3.05) is 4.90 Å². The molecule has 5 nitrogen and oxygen atoms in total. The van der Waals surface area contributed by atoms with Gasteiger partial charge in [-0.2, -0.15) is 0 Å². The van der Waals surface area contributed by atoms with Crippen molar-refractivity contribution in [3.63, 3.8) is 0 Å². The highest BCUT2D eigenvalue weighted by Crippen LogP contribution is 2.39. The Morgan fingerprint density at radius 2 is 0.711 bits per heavy atom. The summed E-state index contributed by atoms with van der Waals surface area (Å²) in [7, 11) is -0.776. The van der Waals surface area contributed by atoms with Crippen LogP contribution in [0, 0.1) is 6.92 Å². The SMILES string of the molecule is Cc1ccc(N(c2ccc(B3OC(C)(C)C(C)(C)O3)cc2)c2ccc(B3OC(C)(C)C(C)(C)O3)cc2)cc1. The molecule has 0 spiro atoms. The summed E-state index contributed by atoms with van der Waals surface area (Å²) in [6, 6.07) is 25.5. The Hall–Kier alpha value is -2.57. The van der Waals surface area contributed by atoms with Crippen LogP contribution in [0.25, 0.3) is 0 Å². The average molecular weight is 511 g/mol. The third-order valence-corrected chi connectivity index (χ3v) is 8.65. The molecule has 38 heavy (non-hydrogen) atoms. The summed E-state index contributed by atoms with van der Waals surface area (Å²) < 4.78 is 25.1. The molecule has 0 unspecified atom stereocenters. The van der Waals surface area contributed by atoms with Gasteiger partial charge in [0.2, 0.25) is 0 Å². The first kappa shape index (κ1) is 27.0. The van der Waals surface area contributed by atoms with Crippen molar-refractivity contribution < 1.29 is 18.6 Å². The fourth-order valence-electron chi connectivity index (χ4n) is 4.66. The van der Waals surface area contributed by atoms with E-state index in [1.807, 2.05) is 0 Å². The molecule has 0 aliphatic carbocycles. The fourth-order valence-corrected chi connectivity index (χ4v) is 4.66. The third kappa shape index (κ3) is 4.82. The minimum absolute atomic E-state index is 0.372. The van der Waals surface area contributed by atoms with Crippen molar-refractivity contribution in [3.05, 3.63) is 78.4 Å². The van der Waals surface area contributed by atoms with Gasteiger partial charge in [0.1, 0.15) is 0 Å². The Bertz CT molecular complexity index is 1170. The lowest BCUT2D eigenvalue weighted by atomic mass is 9.79. The highest BCUT2D eigenvalue weighted by Gasteiger charge is 2.52. The first-order valence-electron chi connectivity index (χ1n) is 13.5. The van der Waals surface area contributed by atoms with Gasteiger partial charge in [0.15, 0.2) is 0 Å². The monoisotopic (exact) mass is 511 g/mol. The van der Waals surface area contributed by atoms with Crippen LogP contribution in [0.5, 0.6) is 0 Å². The molecular formula is C31H39B2NO4. The Morgan fingerprint density at radius 1 is 0.447 bits per heavy atom. The lowest BCUT2D eigenvalue weighted by Crippen LogP contribution is -2.41. The minimum atomic E-state index is -0.388. The van der Waals surface area contributed by atoms with Gasteiger partial charge in [-0.1, -0.05) is 42.0 Å². The first-order chi connectivity index (χ1) is 17.7. The molecule has 2 aliphatic heterocycles. The van der Waals surface area contributed by atoms with E-state index in [1.54, 1.807) is 0 Å². The van der Waals surface area contributed by atoms with E-state index in [0.717, 1.165) is 28.0 Å². The van der Waals surface area contributed by atoms with Gasteiger partial charge in [0, 0.05) is 17.1 Å². The molecule has 198 valence electrons. The van der Waals surface area contributed by atoms with Gasteiger partial charge < -0.3 is 23.5 Å². The molecule has 0 aromatic heterocycles. The summed E-state index contributed by atoms with van der Waals surface area (Å²) >= 11 is 0. The summed E-state index contributed by atoms with van der Waals surface area (Å²) in [6.45, 7) is 18.7. The molecule has 2 saturated heterocycles. The third-order valence-electron chi connectivity index (χ3n) is 8.65. The zero-order valence-electron chi connectivity index (χ0n) is 24.2. The van der Waals surface area contributed by atoms with Crippen LogP contribution in [-0.4, -0.2) is 36.6 Å². The van der Waals surface area contributed by atoms with Gasteiger partial charge in [-0.15, -0.1) is 0 Å². The van der Waals surface area contributed by atoms with E-state index in [0.29, 0.717) is 0 Å². The summed E-state index contributed by atoms with van der Waals surface area (Å²) in [6.07, 6.45) is 0. The van der Waals surface area contributed by atoms with E-state index in [4.69, 9.17) is 18.6 Å². The summed E-state index contributed by atoms with van der Waals surface area (Å²) in [5.41, 5.74) is 4.94. The van der Waals surface area contributed by atoms with Crippen LogP contribution in [-0.2, 0) is 18.6 Å². The maximum absolute atomic E-state index is 6.26. The highest BCUT2D eigenvalue weighted by atomic mass is 16.7. The molecule has 2 fully saturated rings. The lowest BCUT2D eigenvalue weighted by molar-refractivity contribution is 0.00578. The lowest BCUT2D eigenvalue weighted by Gasteiger charge is -2.32. The van der Waals surface area contributed by atoms with Gasteiger partial charge in [-0.25, -0.2) is 0 Å². The number of benzene rings is 3. The molecule has 3 aromatic rings. The topological polar surface area (TPSA) is 40.2 Å². The Kier molecular flexibility index (Phi) is 6.59. The van der Waals surface area contributed by atoms with E-state index in [1.165, 1.54) is 5.56 Å². The fraction of sp³-hybridized carbons (Fsp3) is 0.419. The largest absolute Gasteiger partial charge is 0.494 e. The summed E-state index contributed by atoms with van der Waals surface area (Å²) in [4.78, 5) is 2.25. The van der Waals surface area contributed by atoms with E-state index >= 15 is 0 Å². The van der Waals surface area contributed by atoms with Gasteiger partial charge >= 0.3 is 14.2 Å². The maximum Gasteiger partial charge on any atom is 0.494 e. The van der Waals surface area contributed by atoms with Crippen LogP contribution < -0.4 is 15.8 Å². The van der Waals surface area contributed by atoms with E-state index < -0.39 is 0 Å². The normalized spacial score (nSPS) is 21.1. The highest BCUT2D eigenvalue weighted by molar-refractivity contribution is 6.62. The number of nitrogens with zero attached hydrogens (tertiary/aromatic N) is 1. The summed E-state index contributed by atoms with van der Waals surface area (Å²) in [5.74, 6) is 0. The molecule has 0 atom stereocenters. The number of hydrogen-bond donors (Lipinski definition) is 0. The zero-order chi connectivity index (χ0) is 27.5. The Labute approximate surface area is 228 Å². The molecule has 0 bridgehead atoms. The number of anilines is 3. The van der Waals surface area contributed by atoms with Gasteiger partial charge in [0.05, 0.1) is 22.4 Å².